The van der Waals surface area contributed by atoms with Gasteiger partial charge in [-0.1, -0.05) is 19.1 Å². The molecule has 2 aromatic heterocycles. The normalized spacial score (nSPS) is 11.3. The smallest absolute Gasteiger partial charge is 0.326 e. The van der Waals surface area contributed by atoms with Crippen LogP contribution in [0, 0.1) is 13.8 Å². The minimum absolute atomic E-state index is 0.0337. The Morgan fingerprint density at radius 1 is 1.22 bits per heavy atom. The summed E-state index contributed by atoms with van der Waals surface area (Å²) < 4.78 is 8.47. The highest BCUT2D eigenvalue weighted by molar-refractivity contribution is 5.83. The van der Waals surface area contributed by atoms with Gasteiger partial charge >= 0.3 is 5.97 Å². The first-order valence-electron chi connectivity index (χ1n) is 7.67. The molecule has 0 atom stereocenters. The Morgan fingerprint density at radius 3 is 2.61 bits per heavy atom. The van der Waals surface area contributed by atoms with Crippen LogP contribution < -0.4 is 5.56 Å². The zero-order chi connectivity index (χ0) is 16.6. The van der Waals surface area contributed by atoms with E-state index in [0.29, 0.717) is 23.6 Å². The number of hydrogen-bond acceptors (Lipinski definition) is 4. The average Bonchev–Trinajstić information content (AvgIpc) is 2.85. The summed E-state index contributed by atoms with van der Waals surface area (Å²) in [6.45, 7) is 5.93. The third-order valence-corrected chi connectivity index (χ3v) is 3.94. The number of ether oxygens (including phenoxy) is 1. The van der Waals surface area contributed by atoms with E-state index in [9.17, 15) is 9.59 Å². The number of para-hydroxylation sites is 2. The van der Waals surface area contributed by atoms with Crippen molar-refractivity contribution in [1.82, 2.24) is 14.0 Å². The first-order chi connectivity index (χ1) is 11.0. The summed E-state index contributed by atoms with van der Waals surface area (Å²) in [5.41, 5.74) is 2.70. The molecule has 23 heavy (non-hydrogen) atoms. The lowest BCUT2D eigenvalue weighted by Gasteiger charge is -2.07. The number of rotatable bonds is 4. The molecule has 0 bridgehead atoms. The fourth-order valence-electron chi connectivity index (χ4n) is 2.63. The molecule has 120 valence electrons. The van der Waals surface area contributed by atoms with E-state index < -0.39 is 0 Å². The van der Waals surface area contributed by atoms with Crippen LogP contribution in [0.25, 0.3) is 16.8 Å². The Bertz CT molecular complexity index is 953. The van der Waals surface area contributed by atoms with Crippen LogP contribution in [-0.2, 0) is 16.1 Å². The van der Waals surface area contributed by atoms with Crippen molar-refractivity contribution >= 4 is 22.8 Å². The Labute approximate surface area is 133 Å². The summed E-state index contributed by atoms with van der Waals surface area (Å²) in [5, 5.41) is 0. The number of carbonyl (C=O) groups is 1. The van der Waals surface area contributed by atoms with Crippen molar-refractivity contribution in [2.75, 3.05) is 6.61 Å². The predicted molar refractivity (Wildman–Crippen MR) is 87.7 cm³/mol. The van der Waals surface area contributed by atoms with Crippen LogP contribution in [0.4, 0.5) is 0 Å². The maximum Gasteiger partial charge on any atom is 0.326 e. The lowest BCUT2D eigenvalue weighted by atomic mass is 10.2. The standard InChI is InChI=1S/C17H19N3O3/c1-4-9-23-15(21)10-19-13-7-5-6-8-14(13)20-16(22)11(2)12(3)18-17(19)20/h5-8H,4,9-10H2,1-3H3. The van der Waals surface area contributed by atoms with Crippen molar-refractivity contribution in [2.24, 2.45) is 0 Å². The van der Waals surface area contributed by atoms with Crippen molar-refractivity contribution in [3.05, 3.63) is 45.9 Å². The predicted octanol–water partition coefficient (Wildman–Crippen LogP) is 2.22. The lowest BCUT2D eigenvalue weighted by Crippen LogP contribution is -2.20. The molecule has 3 aromatic rings. The maximum absolute atomic E-state index is 12.6. The summed E-state index contributed by atoms with van der Waals surface area (Å²) in [5.74, 6) is 0.135. The van der Waals surface area contributed by atoms with E-state index in [1.165, 1.54) is 0 Å². The Morgan fingerprint density at radius 2 is 1.91 bits per heavy atom. The number of hydrogen-bond donors (Lipinski definition) is 0. The van der Waals surface area contributed by atoms with Crippen LogP contribution in [0.5, 0.6) is 0 Å². The van der Waals surface area contributed by atoms with Gasteiger partial charge in [-0.3, -0.25) is 14.2 Å². The van der Waals surface area contributed by atoms with Gasteiger partial charge in [0.1, 0.15) is 6.54 Å². The van der Waals surface area contributed by atoms with E-state index in [0.717, 1.165) is 17.5 Å². The van der Waals surface area contributed by atoms with Gasteiger partial charge in [0.05, 0.1) is 17.6 Å². The third kappa shape index (κ3) is 2.50. The van der Waals surface area contributed by atoms with Gasteiger partial charge in [0.2, 0.25) is 5.78 Å². The summed E-state index contributed by atoms with van der Waals surface area (Å²) in [6.07, 6.45) is 0.773. The summed E-state index contributed by atoms with van der Waals surface area (Å²) in [4.78, 5) is 29.2. The van der Waals surface area contributed by atoms with Crippen molar-refractivity contribution < 1.29 is 9.53 Å². The molecular formula is C17H19N3O3. The quantitative estimate of drug-likeness (QED) is 0.693. The minimum Gasteiger partial charge on any atom is -0.464 e. The molecule has 0 aliphatic carbocycles. The molecule has 0 amide bonds. The van der Waals surface area contributed by atoms with E-state index in [-0.39, 0.29) is 18.1 Å². The number of fused-ring (bicyclic) bond motifs is 3. The maximum atomic E-state index is 12.6. The molecule has 2 heterocycles. The number of aryl methyl sites for hydroxylation is 1. The third-order valence-electron chi connectivity index (χ3n) is 3.94. The molecule has 0 N–H and O–H groups in total. The van der Waals surface area contributed by atoms with Crippen molar-refractivity contribution in [1.29, 1.82) is 0 Å². The molecule has 0 aliphatic rings. The Hall–Kier alpha value is -2.63. The molecule has 0 saturated heterocycles. The number of aromatic nitrogens is 3. The topological polar surface area (TPSA) is 65.6 Å². The molecule has 0 fully saturated rings. The van der Waals surface area contributed by atoms with Crippen molar-refractivity contribution in [3.63, 3.8) is 0 Å². The highest BCUT2D eigenvalue weighted by Crippen LogP contribution is 2.19. The lowest BCUT2D eigenvalue weighted by molar-refractivity contribution is -0.144. The van der Waals surface area contributed by atoms with Crippen LogP contribution >= 0.6 is 0 Å². The highest BCUT2D eigenvalue weighted by atomic mass is 16.5. The largest absolute Gasteiger partial charge is 0.464 e. The van der Waals surface area contributed by atoms with E-state index in [1.807, 2.05) is 31.2 Å². The van der Waals surface area contributed by atoms with Crippen LogP contribution in [0.2, 0.25) is 0 Å². The van der Waals surface area contributed by atoms with Gasteiger partial charge in [0.15, 0.2) is 0 Å². The fourth-order valence-corrected chi connectivity index (χ4v) is 2.63. The van der Waals surface area contributed by atoms with Crippen molar-refractivity contribution in [3.8, 4) is 0 Å². The molecule has 6 nitrogen and oxygen atoms in total. The minimum atomic E-state index is -0.331. The SMILES string of the molecule is CCCOC(=O)Cn1c2ccccc2n2c(=O)c(C)c(C)nc12. The number of nitrogens with zero attached hydrogens (tertiary/aromatic N) is 3. The number of benzene rings is 1. The van der Waals surface area contributed by atoms with Crippen LogP contribution in [0.15, 0.2) is 29.1 Å². The monoisotopic (exact) mass is 313 g/mol. The van der Waals surface area contributed by atoms with Gasteiger partial charge in [0, 0.05) is 11.3 Å². The van der Waals surface area contributed by atoms with Gasteiger partial charge < -0.3 is 4.74 Å². The van der Waals surface area contributed by atoms with Gasteiger partial charge in [-0.2, -0.15) is 0 Å². The summed E-state index contributed by atoms with van der Waals surface area (Å²) in [7, 11) is 0. The van der Waals surface area contributed by atoms with E-state index in [2.05, 4.69) is 4.98 Å². The molecule has 0 saturated carbocycles. The molecule has 0 radical (unpaired) electrons. The van der Waals surface area contributed by atoms with E-state index in [4.69, 9.17) is 4.74 Å². The van der Waals surface area contributed by atoms with Crippen LogP contribution in [-0.4, -0.2) is 26.5 Å². The zero-order valence-corrected chi connectivity index (χ0v) is 13.5. The highest BCUT2D eigenvalue weighted by Gasteiger charge is 2.17. The first-order valence-corrected chi connectivity index (χ1v) is 7.67. The molecule has 0 aliphatic heterocycles. The Kier molecular flexibility index (Phi) is 3.90. The fraction of sp³-hybridized carbons (Fsp3) is 0.353. The van der Waals surface area contributed by atoms with Gasteiger partial charge in [0.25, 0.3) is 5.56 Å². The van der Waals surface area contributed by atoms with Gasteiger partial charge in [-0.25, -0.2) is 9.38 Å². The van der Waals surface area contributed by atoms with E-state index >= 15 is 0 Å². The molecule has 3 rings (SSSR count). The number of esters is 1. The van der Waals surface area contributed by atoms with Crippen molar-refractivity contribution in [2.45, 2.75) is 33.7 Å². The molecule has 0 unspecified atom stereocenters. The zero-order valence-electron chi connectivity index (χ0n) is 13.5. The van der Waals surface area contributed by atoms with Gasteiger partial charge in [-0.15, -0.1) is 0 Å². The second-order valence-corrected chi connectivity index (χ2v) is 5.56. The molecular weight excluding hydrogens is 294 g/mol. The Balaban J connectivity index is 2.26. The van der Waals surface area contributed by atoms with Gasteiger partial charge in [-0.05, 0) is 32.4 Å². The van der Waals surface area contributed by atoms with Crippen LogP contribution in [0.1, 0.15) is 24.6 Å². The first kappa shape index (κ1) is 15.3. The molecule has 0 spiro atoms. The molecule has 6 heteroatoms. The summed E-state index contributed by atoms with van der Waals surface area (Å²) in [6, 6.07) is 7.47. The molecule has 1 aromatic carbocycles. The number of carbonyl (C=O) groups excluding carboxylic acids is 1. The number of imidazole rings is 1. The second-order valence-electron chi connectivity index (χ2n) is 5.56. The summed E-state index contributed by atoms with van der Waals surface area (Å²) >= 11 is 0. The van der Waals surface area contributed by atoms with Crippen LogP contribution in [0.3, 0.4) is 0 Å². The van der Waals surface area contributed by atoms with E-state index in [1.54, 1.807) is 22.8 Å². The average molecular weight is 313 g/mol. The second kappa shape index (κ2) is 5.87.